The van der Waals surface area contributed by atoms with Crippen molar-refractivity contribution in [1.82, 2.24) is 10.2 Å². The first-order valence-electron chi connectivity index (χ1n) is 6.91. The lowest BCUT2D eigenvalue weighted by molar-refractivity contribution is 0.156. The van der Waals surface area contributed by atoms with Gasteiger partial charge in [-0.15, -0.1) is 0 Å². The summed E-state index contributed by atoms with van der Waals surface area (Å²) >= 11 is 0. The molecule has 0 spiro atoms. The lowest BCUT2D eigenvalue weighted by atomic mass is 10.0. The molecule has 1 saturated heterocycles. The van der Waals surface area contributed by atoms with Crippen LogP contribution in [0.5, 0.6) is 0 Å². The number of rotatable bonds is 4. The minimum Gasteiger partial charge on any atom is -0.453 e. The van der Waals surface area contributed by atoms with E-state index in [9.17, 15) is 4.79 Å². The standard InChI is InChI=1S/C15H22N2O2/c1-19-15(18)16-14(13-8-4-2-5-9-13)12-17-10-6-3-7-11-17/h2,4-5,8-9,14H,3,6-7,10-12H2,1H3,(H,16,18). The number of likely N-dealkylation sites (tertiary alicyclic amines) is 1. The Morgan fingerprint density at radius 1 is 1.26 bits per heavy atom. The Hall–Kier alpha value is -1.55. The summed E-state index contributed by atoms with van der Waals surface area (Å²) in [7, 11) is 1.40. The molecule has 19 heavy (non-hydrogen) atoms. The molecule has 1 heterocycles. The molecule has 1 unspecified atom stereocenters. The van der Waals surface area contributed by atoms with Gasteiger partial charge in [0.05, 0.1) is 13.2 Å². The van der Waals surface area contributed by atoms with Crippen LogP contribution in [0.25, 0.3) is 0 Å². The van der Waals surface area contributed by atoms with Crippen molar-refractivity contribution < 1.29 is 9.53 Å². The maximum atomic E-state index is 11.5. The smallest absolute Gasteiger partial charge is 0.407 e. The second-order valence-corrected chi connectivity index (χ2v) is 4.96. The van der Waals surface area contributed by atoms with Crippen LogP contribution in [-0.2, 0) is 4.74 Å². The number of piperidine rings is 1. The van der Waals surface area contributed by atoms with E-state index in [1.807, 2.05) is 30.3 Å². The van der Waals surface area contributed by atoms with Crippen molar-refractivity contribution in [3.63, 3.8) is 0 Å². The number of amides is 1. The fourth-order valence-corrected chi connectivity index (χ4v) is 2.52. The van der Waals surface area contributed by atoms with E-state index < -0.39 is 0 Å². The minimum absolute atomic E-state index is 0.00764. The van der Waals surface area contributed by atoms with Crippen molar-refractivity contribution in [2.24, 2.45) is 0 Å². The van der Waals surface area contributed by atoms with Crippen molar-refractivity contribution >= 4 is 6.09 Å². The van der Waals surface area contributed by atoms with Gasteiger partial charge in [-0.25, -0.2) is 4.79 Å². The second-order valence-electron chi connectivity index (χ2n) is 4.96. The van der Waals surface area contributed by atoms with Crippen LogP contribution in [0, 0.1) is 0 Å². The van der Waals surface area contributed by atoms with Gasteiger partial charge in [0, 0.05) is 6.54 Å². The first kappa shape index (κ1) is 13.9. The number of hydrogen-bond acceptors (Lipinski definition) is 3. The van der Waals surface area contributed by atoms with Gasteiger partial charge in [-0.2, -0.15) is 0 Å². The van der Waals surface area contributed by atoms with Crippen molar-refractivity contribution in [3.8, 4) is 0 Å². The Balaban J connectivity index is 2.03. The average molecular weight is 262 g/mol. The molecule has 1 amide bonds. The maximum absolute atomic E-state index is 11.5. The third-order valence-corrected chi connectivity index (χ3v) is 3.57. The van der Waals surface area contributed by atoms with Crippen molar-refractivity contribution in [2.45, 2.75) is 25.3 Å². The Kier molecular flexibility index (Phi) is 5.21. The monoisotopic (exact) mass is 262 g/mol. The number of ether oxygens (including phenoxy) is 1. The number of benzene rings is 1. The number of nitrogens with one attached hydrogen (secondary N) is 1. The molecule has 0 radical (unpaired) electrons. The summed E-state index contributed by atoms with van der Waals surface area (Å²) in [5, 5.41) is 2.93. The molecule has 0 saturated carbocycles. The molecule has 0 aliphatic carbocycles. The minimum atomic E-state index is -0.370. The quantitative estimate of drug-likeness (QED) is 0.906. The highest BCUT2D eigenvalue weighted by molar-refractivity contribution is 5.67. The molecule has 104 valence electrons. The molecule has 0 aromatic heterocycles. The molecule has 4 heteroatoms. The van der Waals surface area contributed by atoms with Crippen LogP contribution in [0.1, 0.15) is 30.9 Å². The van der Waals surface area contributed by atoms with Crippen LogP contribution >= 0.6 is 0 Å². The average Bonchev–Trinajstić information content (AvgIpc) is 2.48. The van der Waals surface area contributed by atoms with Gasteiger partial charge in [0.1, 0.15) is 0 Å². The van der Waals surface area contributed by atoms with E-state index in [2.05, 4.69) is 10.2 Å². The van der Waals surface area contributed by atoms with Gasteiger partial charge in [-0.1, -0.05) is 36.8 Å². The molecule has 2 rings (SSSR count). The number of nitrogens with zero attached hydrogens (tertiary/aromatic N) is 1. The fraction of sp³-hybridized carbons (Fsp3) is 0.533. The molecular weight excluding hydrogens is 240 g/mol. The lowest BCUT2D eigenvalue weighted by Gasteiger charge is -2.30. The van der Waals surface area contributed by atoms with Crippen molar-refractivity contribution in [2.75, 3.05) is 26.7 Å². The van der Waals surface area contributed by atoms with E-state index in [1.165, 1.54) is 26.4 Å². The molecule has 1 aliphatic rings. The summed E-state index contributed by atoms with van der Waals surface area (Å²) < 4.78 is 4.72. The predicted molar refractivity (Wildman–Crippen MR) is 75.0 cm³/mol. The van der Waals surface area contributed by atoms with E-state index in [0.29, 0.717) is 0 Å². The van der Waals surface area contributed by atoms with Crippen LogP contribution in [0.15, 0.2) is 30.3 Å². The fourth-order valence-electron chi connectivity index (χ4n) is 2.52. The van der Waals surface area contributed by atoms with Gasteiger partial charge in [-0.3, -0.25) is 0 Å². The molecule has 4 nitrogen and oxygen atoms in total. The largest absolute Gasteiger partial charge is 0.453 e. The van der Waals surface area contributed by atoms with E-state index in [0.717, 1.165) is 25.2 Å². The zero-order valence-corrected chi connectivity index (χ0v) is 11.5. The van der Waals surface area contributed by atoms with Crippen LogP contribution < -0.4 is 5.32 Å². The molecule has 1 aromatic rings. The zero-order valence-electron chi connectivity index (χ0n) is 11.5. The number of carbonyl (C=O) groups excluding carboxylic acids is 1. The molecule has 1 aliphatic heterocycles. The van der Waals surface area contributed by atoms with Gasteiger partial charge < -0.3 is 15.0 Å². The van der Waals surface area contributed by atoms with Gasteiger partial charge in [0.2, 0.25) is 0 Å². The summed E-state index contributed by atoms with van der Waals surface area (Å²) in [4.78, 5) is 13.9. The highest BCUT2D eigenvalue weighted by atomic mass is 16.5. The lowest BCUT2D eigenvalue weighted by Crippen LogP contribution is -2.40. The Morgan fingerprint density at radius 3 is 2.58 bits per heavy atom. The van der Waals surface area contributed by atoms with Gasteiger partial charge in [0.15, 0.2) is 0 Å². The number of methoxy groups -OCH3 is 1. The number of alkyl carbamates (subject to hydrolysis) is 1. The molecule has 1 aromatic carbocycles. The third kappa shape index (κ3) is 4.24. The van der Waals surface area contributed by atoms with Crippen LogP contribution in [0.4, 0.5) is 4.79 Å². The first-order valence-corrected chi connectivity index (χ1v) is 6.91. The van der Waals surface area contributed by atoms with Crippen LogP contribution in [-0.4, -0.2) is 37.7 Å². The van der Waals surface area contributed by atoms with E-state index in [4.69, 9.17) is 4.74 Å². The van der Waals surface area contributed by atoms with E-state index >= 15 is 0 Å². The summed E-state index contributed by atoms with van der Waals surface area (Å²) in [6.07, 6.45) is 3.45. The zero-order chi connectivity index (χ0) is 13.5. The molecule has 0 bridgehead atoms. The normalized spacial score (nSPS) is 17.7. The van der Waals surface area contributed by atoms with Crippen LogP contribution in [0.3, 0.4) is 0 Å². The van der Waals surface area contributed by atoms with Crippen molar-refractivity contribution in [1.29, 1.82) is 0 Å². The summed E-state index contributed by atoms with van der Waals surface area (Å²) in [5.41, 5.74) is 1.12. The van der Waals surface area contributed by atoms with E-state index in [1.54, 1.807) is 0 Å². The molecule has 1 atom stereocenters. The molecule has 1 N–H and O–H groups in total. The van der Waals surface area contributed by atoms with Crippen molar-refractivity contribution in [3.05, 3.63) is 35.9 Å². The topological polar surface area (TPSA) is 41.6 Å². The maximum Gasteiger partial charge on any atom is 0.407 e. The summed E-state index contributed by atoms with van der Waals surface area (Å²) in [6.45, 7) is 3.08. The SMILES string of the molecule is COC(=O)NC(CN1CCCCC1)c1ccccc1. The number of hydrogen-bond donors (Lipinski definition) is 1. The highest BCUT2D eigenvalue weighted by Crippen LogP contribution is 2.17. The summed E-state index contributed by atoms with van der Waals surface area (Å²) in [6, 6.07) is 10.1. The Morgan fingerprint density at radius 2 is 1.95 bits per heavy atom. The molecule has 1 fully saturated rings. The van der Waals surface area contributed by atoms with Crippen LogP contribution in [0.2, 0.25) is 0 Å². The Labute approximate surface area is 114 Å². The third-order valence-electron chi connectivity index (χ3n) is 3.57. The molecular formula is C15H22N2O2. The van der Waals surface area contributed by atoms with E-state index in [-0.39, 0.29) is 12.1 Å². The first-order chi connectivity index (χ1) is 9.29. The van der Waals surface area contributed by atoms with Gasteiger partial charge in [0.25, 0.3) is 0 Å². The Bertz CT molecular complexity index is 388. The van der Waals surface area contributed by atoms with Gasteiger partial charge in [-0.05, 0) is 31.5 Å². The highest BCUT2D eigenvalue weighted by Gasteiger charge is 2.19. The second kappa shape index (κ2) is 7.14. The predicted octanol–water partition coefficient (Wildman–Crippen LogP) is 2.57. The number of carbonyl (C=O) groups is 1. The van der Waals surface area contributed by atoms with Gasteiger partial charge >= 0.3 is 6.09 Å². The summed E-state index contributed by atoms with van der Waals surface area (Å²) in [5.74, 6) is 0.